The average molecular weight is 251 g/mol. The van der Waals surface area contributed by atoms with E-state index in [1.54, 1.807) is 18.9 Å². The monoisotopic (exact) mass is 251 g/mol. The largest absolute Gasteiger partial charge is 0.383 e. The van der Waals surface area contributed by atoms with Crippen LogP contribution in [-0.4, -0.2) is 31.4 Å². The number of ether oxygens (including phenoxy) is 1. The van der Waals surface area contributed by atoms with E-state index in [1.807, 2.05) is 24.0 Å². The number of aryl methyl sites for hydroxylation is 1. The minimum absolute atomic E-state index is 0.0128. The number of carbonyl (C=O) groups is 1. The van der Waals surface area contributed by atoms with E-state index in [4.69, 9.17) is 4.74 Å². The first-order valence-electron chi connectivity index (χ1n) is 5.71. The van der Waals surface area contributed by atoms with Crippen LogP contribution < -0.4 is 4.90 Å². The first kappa shape index (κ1) is 12.5. The van der Waals surface area contributed by atoms with Gasteiger partial charge in [-0.3, -0.25) is 4.79 Å². The molecule has 1 unspecified atom stereocenters. The zero-order valence-corrected chi connectivity index (χ0v) is 11.2. The molecule has 4 heteroatoms. The maximum Gasteiger partial charge on any atom is 0.240 e. The summed E-state index contributed by atoms with van der Waals surface area (Å²) in [6, 6.07) is 6.21. The summed E-state index contributed by atoms with van der Waals surface area (Å²) in [5.41, 5.74) is 2.24. The molecule has 1 amide bonds. The van der Waals surface area contributed by atoms with Crippen molar-refractivity contribution in [3.05, 3.63) is 23.8 Å². The van der Waals surface area contributed by atoms with Crippen LogP contribution in [0.5, 0.6) is 0 Å². The van der Waals surface area contributed by atoms with Gasteiger partial charge in [-0.25, -0.2) is 0 Å². The fourth-order valence-corrected chi connectivity index (χ4v) is 3.09. The van der Waals surface area contributed by atoms with Gasteiger partial charge < -0.3 is 9.64 Å². The highest BCUT2D eigenvalue weighted by molar-refractivity contribution is 8.01. The first-order valence-corrected chi connectivity index (χ1v) is 6.59. The number of hydrogen-bond donors (Lipinski definition) is 0. The van der Waals surface area contributed by atoms with Gasteiger partial charge in [0.15, 0.2) is 0 Å². The molecule has 17 heavy (non-hydrogen) atoms. The Labute approximate surface area is 106 Å². The van der Waals surface area contributed by atoms with E-state index in [-0.39, 0.29) is 11.2 Å². The van der Waals surface area contributed by atoms with Gasteiger partial charge in [0.1, 0.15) is 0 Å². The molecule has 0 aliphatic carbocycles. The number of amides is 1. The molecule has 1 aliphatic heterocycles. The fourth-order valence-electron chi connectivity index (χ4n) is 1.93. The molecule has 0 spiro atoms. The second kappa shape index (κ2) is 5.10. The Kier molecular flexibility index (Phi) is 3.74. The number of thioether (sulfide) groups is 1. The third kappa shape index (κ3) is 2.48. The first-order chi connectivity index (χ1) is 8.13. The van der Waals surface area contributed by atoms with Crippen molar-refractivity contribution in [2.24, 2.45) is 0 Å². The normalized spacial score (nSPS) is 19.4. The van der Waals surface area contributed by atoms with Gasteiger partial charge in [0.05, 0.1) is 17.5 Å². The minimum atomic E-state index is -0.0128. The maximum absolute atomic E-state index is 12.1. The van der Waals surface area contributed by atoms with Crippen molar-refractivity contribution >= 4 is 23.4 Å². The molecule has 1 heterocycles. The molecule has 0 bridgehead atoms. The van der Waals surface area contributed by atoms with Crippen molar-refractivity contribution in [2.75, 3.05) is 25.2 Å². The quantitative estimate of drug-likeness (QED) is 0.826. The standard InChI is InChI=1S/C13H17NO2S/c1-9-4-5-11-12(8-9)17-10(2)13(15)14(11)6-7-16-3/h4-5,8,10H,6-7H2,1-3H3. The highest BCUT2D eigenvalue weighted by Gasteiger charge is 2.30. The second-order valence-corrected chi connectivity index (χ2v) is 5.60. The van der Waals surface area contributed by atoms with Gasteiger partial charge in [0, 0.05) is 18.6 Å². The molecule has 0 fully saturated rings. The molecule has 1 aromatic carbocycles. The molecule has 0 aromatic heterocycles. The van der Waals surface area contributed by atoms with E-state index < -0.39 is 0 Å². The van der Waals surface area contributed by atoms with Gasteiger partial charge in [0.25, 0.3) is 0 Å². The highest BCUT2D eigenvalue weighted by Crippen LogP contribution is 2.39. The Balaban J connectivity index is 2.34. The van der Waals surface area contributed by atoms with Crippen molar-refractivity contribution < 1.29 is 9.53 Å². The molecule has 0 saturated carbocycles. The fraction of sp³-hybridized carbons (Fsp3) is 0.462. The lowest BCUT2D eigenvalue weighted by Gasteiger charge is -2.32. The number of benzene rings is 1. The predicted molar refractivity (Wildman–Crippen MR) is 70.7 cm³/mol. The predicted octanol–water partition coefficient (Wildman–Crippen LogP) is 2.47. The lowest BCUT2D eigenvalue weighted by Crippen LogP contribution is -2.41. The third-order valence-electron chi connectivity index (χ3n) is 2.84. The van der Waals surface area contributed by atoms with Crippen LogP contribution in [0.25, 0.3) is 0 Å². The number of anilines is 1. The molecule has 2 rings (SSSR count). The van der Waals surface area contributed by atoms with Crippen molar-refractivity contribution in [1.29, 1.82) is 0 Å². The zero-order chi connectivity index (χ0) is 12.4. The van der Waals surface area contributed by atoms with Crippen LogP contribution in [0.15, 0.2) is 23.1 Å². The van der Waals surface area contributed by atoms with Crippen LogP contribution in [0.1, 0.15) is 12.5 Å². The van der Waals surface area contributed by atoms with E-state index in [0.717, 1.165) is 5.69 Å². The van der Waals surface area contributed by atoms with Gasteiger partial charge in [0.2, 0.25) is 5.91 Å². The van der Waals surface area contributed by atoms with E-state index in [2.05, 4.69) is 13.0 Å². The summed E-state index contributed by atoms with van der Waals surface area (Å²) in [5.74, 6) is 0.170. The molecule has 92 valence electrons. The van der Waals surface area contributed by atoms with E-state index in [1.165, 1.54) is 10.5 Å². The molecule has 0 N–H and O–H groups in total. The van der Waals surface area contributed by atoms with Crippen molar-refractivity contribution in [1.82, 2.24) is 0 Å². The number of hydrogen-bond acceptors (Lipinski definition) is 3. The number of rotatable bonds is 3. The summed E-state index contributed by atoms with van der Waals surface area (Å²) >= 11 is 1.64. The maximum atomic E-state index is 12.1. The molecule has 0 saturated heterocycles. The summed E-state index contributed by atoms with van der Waals surface area (Å²) in [6.45, 7) is 5.21. The summed E-state index contributed by atoms with van der Waals surface area (Å²) < 4.78 is 5.07. The van der Waals surface area contributed by atoms with Crippen molar-refractivity contribution in [3.63, 3.8) is 0 Å². The summed E-state index contributed by atoms with van der Waals surface area (Å²) in [6.07, 6.45) is 0. The van der Waals surface area contributed by atoms with Crippen LogP contribution in [0.3, 0.4) is 0 Å². The van der Waals surface area contributed by atoms with Gasteiger partial charge in [-0.2, -0.15) is 0 Å². The molecular formula is C13H17NO2S. The smallest absolute Gasteiger partial charge is 0.240 e. The Bertz CT molecular complexity index is 433. The number of nitrogens with zero attached hydrogens (tertiary/aromatic N) is 1. The molecule has 1 aromatic rings. The molecule has 1 atom stereocenters. The summed E-state index contributed by atoms with van der Waals surface area (Å²) in [7, 11) is 1.66. The van der Waals surface area contributed by atoms with Gasteiger partial charge in [-0.05, 0) is 31.5 Å². The molecule has 3 nitrogen and oxygen atoms in total. The van der Waals surface area contributed by atoms with E-state index in [0.29, 0.717) is 13.2 Å². The molecule has 0 radical (unpaired) electrons. The second-order valence-electron chi connectivity index (χ2n) is 4.21. The van der Waals surface area contributed by atoms with Crippen LogP contribution in [0, 0.1) is 6.92 Å². The van der Waals surface area contributed by atoms with E-state index in [9.17, 15) is 4.79 Å². The Hall–Kier alpha value is -1.00. The van der Waals surface area contributed by atoms with Crippen molar-refractivity contribution in [2.45, 2.75) is 24.0 Å². The van der Waals surface area contributed by atoms with Gasteiger partial charge in [-0.15, -0.1) is 11.8 Å². The Morgan fingerprint density at radius 3 is 2.94 bits per heavy atom. The van der Waals surface area contributed by atoms with Crippen LogP contribution >= 0.6 is 11.8 Å². The lowest BCUT2D eigenvalue weighted by atomic mass is 10.2. The summed E-state index contributed by atoms with van der Waals surface area (Å²) in [5, 5.41) is -0.0128. The Morgan fingerprint density at radius 1 is 1.47 bits per heavy atom. The highest BCUT2D eigenvalue weighted by atomic mass is 32.2. The van der Waals surface area contributed by atoms with Crippen LogP contribution in [0.2, 0.25) is 0 Å². The summed E-state index contributed by atoms with van der Waals surface area (Å²) in [4.78, 5) is 15.1. The lowest BCUT2D eigenvalue weighted by molar-refractivity contribution is -0.118. The average Bonchev–Trinajstić information content (AvgIpc) is 2.30. The number of fused-ring (bicyclic) bond motifs is 1. The SMILES string of the molecule is COCCN1C(=O)C(C)Sc2cc(C)ccc21. The Morgan fingerprint density at radius 2 is 2.24 bits per heavy atom. The minimum Gasteiger partial charge on any atom is -0.383 e. The van der Waals surface area contributed by atoms with Crippen LogP contribution in [0.4, 0.5) is 5.69 Å². The van der Waals surface area contributed by atoms with Gasteiger partial charge >= 0.3 is 0 Å². The number of methoxy groups -OCH3 is 1. The topological polar surface area (TPSA) is 29.5 Å². The zero-order valence-electron chi connectivity index (χ0n) is 10.4. The third-order valence-corrected chi connectivity index (χ3v) is 3.98. The van der Waals surface area contributed by atoms with E-state index >= 15 is 0 Å². The molecular weight excluding hydrogens is 234 g/mol. The number of carbonyl (C=O) groups excluding carboxylic acids is 1. The molecule has 1 aliphatic rings. The van der Waals surface area contributed by atoms with Gasteiger partial charge in [-0.1, -0.05) is 6.07 Å². The van der Waals surface area contributed by atoms with Crippen LogP contribution in [-0.2, 0) is 9.53 Å². The van der Waals surface area contributed by atoms with Crippen molar-refractivity contribution in [3.8, 4) is 0 Å².